The maximum absolute atomic E-state index is 13.2. The number of ether oxygens (including phenoxy) is 3. The number of benzene rings is 2. The molecule has 2 aromatic carbocycles. The number of halogens is 1. The van der Waals surface area contributed by atoms with Gasteiger partial charge in [-0.05, 0) is 29.8 Å². The molecule has 5 rings (SSSR count). The van der Waals surface area contributed by atoms with Crippen LogP contribution in [0.5, 0.6) is 17.4 Å². The van der Waals surface area contributed by atoms with Gasteiger partial charge in [0.15, 0.2) is 0 Å². The summed E-state index contributed by atoms with van der Waals surface area (Å²) < 4.78 is 30.3. The number of nitrogens with zero attached hydrogens (tertiary/aromatic N) is 4. The Hall–Kier alpha value is -3.72. The number of hydrogen-bond donors (Lipinski definition) is 0. The van der Waals surface area contributed by atoms with Gasteiger partial charge in [0.25, 0.3) is 0 Å². The summed E-state index contributed by atoms with van der Waals surface area (Å²) in [5, 5.41) is 0. The van der Waals surface area contributed by atoms with Crippen LogP contribution in [-0.4, -0.2) is 60.7 Å². The summed E-state index contributed by atoms with van der Waals surface area (Å²) in [6.45, 7) is 3.55. The fraction of sp³-hybridized carbons (Fsp3) is 0.346. The van der Waals surface area contributed by atoms with Gasteiger partial charge in [-0.2, -0.15) is 4.98 Å². The summed E-state index contributed by atoms with van der Waals surface area (Å²) >= 11 is 0. The molecule has 2 aliphatic rings. The maximum Gasteiger partial charge on any atom is 0.229 e. The normalized spacial score (nSPS) is 15.5. The van der Waals surface area contributed by atoms with E-state index < -0.39 is 0 Å². The summed E-state index contributed by atoms with van der Waals surface area (Å²) in [5.41, 5.74) is 2.45. The molecule has 0 radical (unpaired) electrons. The Labute approximate surface area is 203 Å². The van der Waals surface area contributed by atoms with Crippen LogP contribution in [0.4, 0.5) is 10.3 Å². The molecule has 0 aliphatic carbocycles. The fourth-order valence-electron chi connectivity index (χ4n) is 4.24. The molecule has 3 heterocycles. The molecule has 1 aromatic heterocycles. The molecule has 0 atom stereocenters. The van der Waals surface area contributed by atoms with E-state index in [4.69, 9.17) is 24.2 Å². The first kappa shape index (κ1) is 23.0. The highest BCUT2D eigenvalue weighted by atomic mass is 19.1. The van der Waals surface area contributed by atoms with Gasteiger partial charge in [0.2, 0.25) is 17.7 Å². The van der Waals surface area contributed by atoms with Gasteiger partial charge in [-0.25, -0.2) is 9.37 Å². The van der Waals surface area contributed by atoms with Gasteiger partial charge in [0.05, 0.1) is 44.5 Å². The summed E-state index contributed by atoms with van der Waals surface area (Å²) in [5.74, 6) is 1.95. The third kappa shape index (κ3) is 5.35. The van der Waals surface area contributed by atoms with Gasteiger partial charge >= 0.3 is 0 Å². The van der Waals surface area contributed by atoms with Gasteiger partial charge in [0, 0.05) is 32.1 Å². The topological polar surface area (TPSA) is 77.0 Å². The number of amides is 1. The standard InChI is InChI=1S/C26H27FN4O4/c1-33-20-3-2-4-21(16-20)35-25-22-17-31(24(32)15-18-5-7-19(27)8-6-18)10-9-23(22)28-26(29-25)30-11-13-34-14-12-30/h2-8,16H,9-15,17H2,1H3. The van der Waals surface area contributed by atoms with Crippen LogP contribution in [0.3, 0.4) is 0 Å². The number of carbonyl (C=O) groups is 1. The molecular weight excluding hydrogens is 451 g/mol. The minimum absolute atomic E-state index is 0.0353. The third-order valence-electron chi connectivity index (χ3n) is 6.18. The van der Waals surface area contributed by atoms with Crippen molar-refractivity contribution in [1.29, 1.82) is 0 Å². The van der Waals surface area contributed by atoms with Crippen LogP contribution >= 0.6 is 0 Å². The molecular formula is C26H27FN4O4. The van der Waals surface area contributed by atoms with Crippen molar-refractivity contribution in [2.45, 2.75) is 19.4 Å². The highest BCUT2D eigenvalue weighted by molar-refractivity contribution is 5.79. The number of methoxy groups -OCH3 is 1. The molecule has 0 saturated carbocycles. The van der Waals surface area contributed by atoms with E-state index in [1.165, 1.54) is 12.1 Å². The number of morpholine rings is 1. The van der Waals surface area contributed by atoms with Crippen LogP contribution in [0.1, 0.15) is 16.8 Å². The first-order chi connectivity index (χ1) is 17.1. The number of hydrogen-bond acceptors (Lipinski definition) is 7. The van der Waals surface area contributed by atoms with E-state index in [1.807, 2.05) is 18.2 Å². The third-order valence-corrected chi connectivity index (χ3v) is 6.18. The second-order valence-electron chi connectivity index (χ2n) is 8.50. The van der Waals surface area contributed by atoms with Crippen LogP contribution in [0.25, 0.3) is 0 Å². The zero-order valence-corrected chi connectivity index (χ0v) is 19.6. The second-order valence-corrected chi connectivity index (χ2v) is 8.50. The van der Waals surface area contributed by atoms with E-state index in [0.717, 1.165) is 16.8 Å². The van der Waals surface area contributed by atoms with Crippen LogP contribution in [0.15, 0.2) is 48.5 Å². The molecule has 1 saturated heterocycles. The van der Waals surface area contributed by atoms with Crippen molar-refractivity contribution in [2.75, 3.05) is 44.9 Å². The highest BCUT2D eigenvalue weighted by Gasteiger charge is 2.28. The molecule has 9 heteroatoms. The Morgan fingerprint density at radius 3 is 2.60 bits per heavy atom. The van der Waals surface area contributed by atoms with Gasteiger partial charge in [-0.1, -0.05) is 18.2 Å². The molecule has 0 unspecified atom stereocenters. The Morgan fingerprint density at radius 1 is 1.06 bits per heavy atom. The van der Waals surface area contributed by atoms with E-state index in [-0.39, 0.29) is 18.1 Å². The van der Waals surface area contributed by atoms with E-state index >= 15 is 0 Å². The van der Waals surface area contributed by atoms with Crippen LogP contribution in [-0.2, 0) is 28.9 Å². The van der Waals surface area contributed by atoms with Crippen molar-refractivity contribution in [3.63, 3.8) is 0 Å². The Bertz CT molecular complexity index is 1200. The molecule has 182 valence electrons. The monoisotopic (exact) mass is 478 g/mol. The average molecular weight is 479 g/mol. The lowest BCUT2D eigenvalue weighted by atomic mass is 10.0. The van der Waals surface area contributed by atoms with Crippen molar-refractivity contribution >= 4 is 11.9 Å². The number of rotatable bonds is 6. The summed E-state index contributed by atoms with van der Waals surface area (Å²) in [6.07, 6.45) is 0.799. The summed E-state index contributed by atoms with van der Waals surface area (Å²) in [4.78, 5) is 26.5. The molecule has 8 nitrogen and oxygen atoms in total. The Morgan fingerprint density at radius 2 is 1.83 bits per heavy atom. The minimum Gasteiger partial charge on any atom is -0.497 e. The van der Waals surface area contributed by atoms with E-state index in [2.05, 4.69) is 4.90 Å². The largest absolute Gasteiger partial charge is 0.497 e. The lowest BCUT2D eigenvalue weighted by molar-refractivity contribution is -0.131. The second kappa shape index (κ2) is 10.3. The average Bonchev–Trinajstić information content (AvgIpc) is 2.90. The SMILES string of the molecule is COc1cccc(Oc2nc(N3CCOCC3)nc3c2CN(C(=O)Cc2ccc(F)cc2)CC3)c1. The molecule has 0 N–H and O–H groups in total. The Balaban J connectivity index is 1.43. The predicted molar refractivity (Wildman–Crippen MR) is 127 cm³/mol. The number of fused-ring (bicyclic) bond motifs is 1. The van der Waals surface area contributed by atoms with Crippen LogP contribution < -0.4 is 14.4 Å². The first-order valence-corrected chi connectivity index (χ1v) is 11.7. The number of aromatic nitrogens is 2. The molecule has 0 bridgehead atoms. The smallest absolute Gasteiger partial charge is 0.229 e. The predicted octanol–water partition coefficient (Wildman–Crippen LogP) is 3.38. The zero-order valence-electron chi connectivity index (χ0n) is 19.6. The van der Waals surface area contributed by atoms with Gasteiger partial charge in [0.1, 0.15) is 17.3 Å². The molecule has 2 aliphatic heterocycles. The van der Waals surface area contributed by atoms with Gasteiger partial charge in [-0.15, -0.1) is 0 Å². The minimum atomic E-state index is -0.319. The van der Waals surface area contributed by atoms with Crippen LogP contribution in [0.2, 0.25) is 0 Å². The van der Waals surface area contributed by atoms with Gasteiger partial charge in [-0.3, -0.25) is 4.79 Å². The first-order valence-electron chi connectivity index (χ1n) is 11.7. The number of anilines is 1. The summed E-state index contributed by atoms with van der Waals surface area (Å²) in [7, 11) is 1.60. The van der Waals surface area contributed by atoms with E-state index in [9.17, 15) is 9.18 Å². The maximum atomic E-state index is 13.2. The van der Waals surface area contributed by atoms with Crippen molar-refractivity contribution in [2.24, 2.45) is 0 Å². The molecule has 3 aromatic rings. The van der Waals surface area contributed by atoms with Crippen LogP contribution in [0, 0.1) is 5.82 Å². The van der Waals surface area contributed by atoms with Crippen molar-refractivity contribution < 1.29 is 23.4 Å². The lowest BCUT2D eigenvalue weighted by Crippen LogP contribution is -2.40. The quantitative estimate of drug-likeness (QED) is 0.538. The van der Waals surface area contributed by atoms with Crippen molar-refractivity contribution in [1.82, 2.24) is 14.9 Å². The van der Waals surface area contributed by atoms with Crippen molar-refractivity contribution in [3.05, 3.63) is 71.2 Å². The van der Waals surface area contributed by atoms with E-state index in [0.29, 0.717) is 69.1 Å². The Kier molecular flexibility index (Phi) is 6.76. The summed E-state index contributed by atoms with van der Waals surface area (Å²) in [6, 6.07) is 13.3. The zero-order chi connectivity index (χ0) is 24.2. The highest BCUT2D eigenvalue weighted by Crippen LogP contribution is 2.33. The molecule has 35 heavy (non-hydrogen) atoms. The molecule has 1 amide bonds. The van der Waals surface area contributed by atoms with E-state index in [1.54, 1.807) is 30.2 Å². The van der Waals surface area contributed by atoms with Crippen molar-refractivity contribution in [3.8, 4) is 17.4 Å². The molecule has 1 fully saturated rings. The van der Waals surface area contributed by atoms with Gasteiger partial charge < -0.3 is 24.0 Å². The molecule has 0 spiro atoms. The lowest BCUT2D eigenvalue weighted by Gasteiger charge is -2.32. The fourth-order valence-corrected chi connectivity index (χ4v) is 4.24. The number of carbonyl (C=O) groups excluding carboxylic acids is 1.